The van der Waals surface area contributed by atoms with Gasteiger partial charge in [0.15, 0.2) is 5.13 Å². The molecule has 35 heavy (non-hydrogen) atoms. The number of aliphatic hydroxyl groups excluding tert-OH is 1. The molecule has 3 heterocycles. The molecular formula is C27H28N4O3S. The number of benzene rings is 1. The molecule has 1 aliphatic rings. The molecule has 0 unspecified atom stereocenters. The molecule has 4 aromatic rings. The summed E-state index contributed by atoms with van der Waals surface area (Å²) < 4.78 is 1.66. The Morgan fingerprint density at radius 1 is 1.17 bits per heavy atom. The summed E-state index contributed by atoms with van der Waals surface area (Å²) in [7, 11) is 0. The average Bonchev–Trinajstić information content (AvgIpc) is 3.51. The highest BCUT2D eigenvalue weighted by molar-refractivity contribution is 7.13. The molecule has 5 rings (SSSR count). The molecule has 7 nitrogen and oxygen atoms in total. The molecule has 1 saturated carbocycles. The SMILES string of the molecule is Cc1c(CC(=O)N(c2nccs2)C2CCCCC2)c2cc(CO)ccc2n1C(=O)c1cccnc1. The van der Waals surface area contributed by atoms with Gasteiger partial charge in [-0.1, -0.05) is 25.3 Å². The van der Waals surface area contributed by atoms with Gasteiger partial charge in [0.1, 0.15) is 0 Å². The van der Waals surface area contributed by atoms with E-state index < -0.39 is 0 Å². The number of nitrogens with zero attached hydrogens (tertiary/aromatic N) is 4. The second-order valence-corrected chi connectivity index (χ2v) is 9.88. The zero-order valence-electron chi connectivity index (χ0n) is 19.7. The van der Waals surface area contributed by atoms with Crippen LogP contribution in [0.2, 0.25) is 0 Å². The first-order valence-corrected chi connectivity index (χ1v) is 12.9. The van der Waals surface area contributed by atoms with E-state index in [1.165, 1.54) is 17.8 Å². The summed E-state index contributed by atoms with van der Waals surface area (Å²) in [4.78, 5) is 37.8. The third-order valence-electron chi connectivity index (χ3n) is 6.86. The van der Waals surface area contributed by atoms with E-state index in [0.717, 1.165) is 58.5 Å². The van der Waals surface area contributed by atoms with Crippen molar-refractivity contribution in [3.63, 3.8) is 0 Å². The maximum atomic E-state index is 13.8. The Morgan fingerprint density at radius 3 is 2.69 bits per heavy atom. The van der Waals surface area contributed by atoms with Gasteiger partial charge in [-0.25, -0.2) is 4.98 Å². The maximum Gasteiger partial charge on any atom is 0.264 e. The number of anilines is 1. The number of pyridine rings is 1. The fraction of sp³-hybridized carbons (Fsp3) is 0.333. The average molecular weight is 489 g/mol. The van der Waals surface area contributed by atoms with Gasteiger partial charge in [-0.15, -0.1) is 11.3 Å². The molecule has 0 saturated heterocycles. The Labute approximate surface area is 208 Å². The molecule has 0 aliphatic heterocycles. The van der Waals surface area contributed by atoms with E-state index in [4.69, 9.17) is 0 Å². The van der Waals surface area contributed by atoms with Crippen molar-refractivity contribution in [2.45, 2.75) is 58.1 Å². The highest BCUT2D eigenvalue weighted by atomic mass is 32.1. The smallest absolute Gasteiger partial charge is 0.264 e. The normalized spacial score (nSPS) is 14.3. The van der Waals surface area contributed by atoms with Crippen molar-refractivity contribution < 1.29 is 14.7 Å². The fourth-order valence-electron chi connectivity index (χ4n) is 5.11. The molecule has 0 spiro atoms. The fourth-order valence-corrected chi connectivity index (χ4v) is 5.84. The van der Waals surface area contributed by atoms with Crippen LogP contribution in [-0.2, 0) is 17.8 Å². The summed E-state index contributed by atoms with van der Waals surface area (Å²) in [5, 5.41) is 13.2. The number of hydrogen-bond donors (Lipinski definition) is 1. The Kier molecular flexibility index (Phi) is 6.74. The zero-order valence-corrected chi connectivity index (χ0v) is 20.5. The minimum Gasteiger partial charge on any atom is -0.392 e. The molecule has 0 bridgehead atoms. The molecule has 1 amide bonds. The quantitative estimate of drug-likeness (QED) is 0.417. The lowest BCUT2D eigenvalue weighted by atomic mass is 9.94. The number of rotatable bonds is 6. The van der Waals surface area contributed by atoms with Crippen molar-refractivity contribution in [2.24, 2.45) is 0 Å². The predicted molar refractivity (Wildman–Crippen MR) is 137 cm³/mol. The van der Waals surface area contributed by atoms with Gasteiger partial charge < -0.3 is 5.11 Å². The van der Waals surface area contributed by atoms with Crippen molar-refractivity contribution in [1.29, 1.82) is 0 Å². The van der Waals surface area contributed by atoms with E-state index in [1.807, 2.05) is 35.4 Å². The van der Waals surface area contributed by atoms with Crippen LogP contribution in [0.15, 0.2) is 54.3 Å². The van der Waals surface area contributed by atoms with E-state index in [1.54, 1.807) is 35.3 Å². The van der Waals surface area contributed by atoms with Crippen LogP contribution in [0.25, 0.3) is 10.9 Å². The van der Waals surface area contributed by atoms with Gasteiger partial charge in [-0.2, -0.15) is 0 Å². The lowest BCUT2D eigenvalue weighted by Crippen LogP contribution is -2.42. The second-order valence-electron chi connectivity index (χ2n) is 9.00. The van der Waals surface area contributed by atoms with E-state index in [0.29, 0.717) is 5.56 Å². The van der Waals surface area contributed by atoms with Gasteiger partial charge in [0, 0.05) is 41.1 Å². The van der Waals surface area contributed by atoms with Crippen molar-refractivity contribution in [2.75, 3.05) is 4.90 Å². The molecule has 1 aromatic carbocycles. The molecule has 0 radical (unpaired) electrons. The van der Waals surface area contributed by atoms with Gasteiger partial charge >= 0.3 is 0 Å². The predicted octanol–water partition coefficient (Wildman–Crippen LogP) is 4.89. The first-order chi connectivity index (χ1) is 17.1. The number of hydrogen-bond acceptors (Lipinski definition) is 6. The molecule has 0 atom stereocenters. The van der Waals surface area contributed by atoms with Crippen molar-refractivity contribution >= 4 is 39.2 Å². The van der Waals surface area contributed by atoms with Crippen LogP contribution in [0.5, 0.6) is 0 Å². The third kappa shape index (κ3) is 4.51. The number of thiazole rings is 1. The summed E-state index contributed by atoms with van der Waals surface area (Å²) in [5.74, 6) is -0.211. The van der Waals surface area contributed by atoms with Crippen molar-refractivity contribution in [3.05, 3.63) is 76.7 Å². The number of aromatic nitrogens is 3. The monoisotopic (exact) mass is 488 g/mol. The number of carbonyl (C=O) groups is 2. The van der Waals surface area contributed by atoms with E-state index in [-0.39, 0.29) is 30.9 Å². The van der Waals surface area contributed by atoms with Gasteiger partial charge in [0.2, 0.25) is 5.91 Å². The van der Waals surface area contributed by atoms with Gasteiger partial charge in [-0.3, -0.25) is 24.0 Å². The van der Waals surface area contributed by atoms with Gasteiger partial charge in [0.05, 0.1) is 24.1 Å². The van der Waals surface area contributed by atoms with Crippen LogP contribution < -0.4 is 4.90 Å². The van der Waals surface area contributed by atoms with E-state index in [2.05, 4.69) is 9.97 Å². The maximum absolute atomic E-state index is 13.8. The summed E-state index contributed by atoms with van der Waals surface area (Å²) in [6.45, 7) is 1.77. The molecule has 180 valence electrons. The van der Waals surface area contributed by atoms with E-state index in [9.17, 15) is 14.7 Å². The summed E-state index contributed by atoms with van der Waals surface area (Å²) >= 11 is 1.48. The Morgan fingerprint density at radius 2 is 2.00 bits per heavy atom. The van der Waals surface area contributed by atoms with Crippen LogP contribution in [0.3, 0.4) is 0 Å². The number of fused-ring (bicyclic) bond motifs is 1. The molecule has 1 aliphatic carbocycles. The minimum atomic E-state index is -0.194. The lowest BCUT2D eigenvalue weighted by molar-refractivity contribution is -0.118. The summed E-state index contributed by atoms with van der Waals surface area (Å²) in [6, 6.07) is 9.15. The molecule has 3 aromatic heterocycles. The largest absolute Gasteiger partial charge is 0.392 e. The second kappa shape index (κ2) is 10.1. The zero-order chi connectivity index (χ0) is 24.4. The van der Waals surface area contributed by atoms with Crippen LogP contribution in [0, 0.1) is 6.92 Å². The van der Waals surface area contributed by atoms with Gasteiger partial charge in [0.25, 0.3) is 5.91 Å². The molecule has 1 N–H and O–H groups in total. The first-order valence-electron chi connectivity index (χ1n) is 12.0. The van der Waals surface area contributed by atoms with Crippen molar-refractivity contribution in [3.8, 4) is 0 Å². The standard InChI is InChI=1S/C27H28N4O3S/c1-18-22(15-25(33)31(27-29-12-13-35-27)21-7-3-2-4-8-21)23-14-19(17-32)9-10-24(23)30(18)26(34)20-6-5-11-28-16-20/h5-6,9-14,16,21,32H,2-4,7-8,15,17H2,1H3. The van der Waals surface area contributed by atoms with Crippen LogP contribution in [-0.4, -0.2) is 37.5 Å². The first kappa shape index (κ1) is 23.4. The Hall–Kier alpha value is -3.36. The Balaban J connectivity index is 1.58. The summed E-state index contributed by atoms with van der Waals surface area (Å²) in [6.07, 6.45) is 10.4. The molecule has 1 fully saturated rings. The Bertz CT molecular complexity index is 1340. The van der Waals surface area contributed by atoms with Crippen LogP contribution >= 0.6 is 11.3 Å². The highest BCUT2D eigenvalue weighted by Crippen LogP contribution is 2.32. The number of aliphatic hydroxyl groups is 1. The van der Waals surface area contributed by atoms with Crippen molar-refractivity contribution in [1.82, 2.24) is 14.5 Å². The topological polar surface area (TPSA) is 88.3 Å². The molecular weight excluding hydrogens is 460 g/mol. The number of amides is 1. The van der Waals surface area contributed by atoms with Gasteiger partial charge in [-0.05, 0) is 55.2 Å². The summed E-state index contributed by atoms with van der Waals surface area (Å²) in [5.41, 5.74) is 3.45. The minimum absolute atomic E-state index is 0.0165. The van der Waals surface area contributed by atoms with E-state index >= 15 is 0 Å². The van der Waals surface area contributed by atoms with Crippen LogP contribution in [0.1, 0.15) is 59.3 Å². The third-order valence-corrected chi connectivity index (χ3v) is 7.63. The lowest BCUT2D eigenvalue weighted by Gasteiger charge is -2.32. The highest BCUT2D eigenvalue weighted by Gasteiger charge is 2.30. The van der Waals surface area contributed by atoms with Crippen LogP contribution in [0.4, 0.5) is 5.13 Å². The molecule has 8 heteroatoms. The number of carbonyl (C=O) groups excluding carboxylic acids is 2.